The van der Waals surface area contributed by atoms with Crippen LogP contribution >= 0.6 is 11.6 Å². The highest BCUT2D eigenvalue weighted by atomic mass is 35.5. The Labute approximate surface area is 116 Å². The second-order valence-electron chi connectivity index (χ2n) is 4.81. The lowest BCUT2D eigenvalue weighted by Gasteiger charge is -2.38. The van der Waals surface area contributed by atoms with Gasteiger partial charge in [0.25, 0.3) is 0 Å². The van der Waals surface area contributed by atoms with Crippen molar-refractivity contribution in [2.75, 3.05) is 23.9 Å². The molecule has 1 aliphatic rings. The van der Waals surface area contributed by atoms with Gasteiger partial charge in [-0.2, -0.15) is 5.10 Å². The van der Waals surface area contributed by atoms with E-state index in [4.69, 9.17) is 16.3 Å². The molecule has 2 atom stereocenters. The molecule has 1 saturated heterocycles. The van der Waals surface area contributed by atoms with E-state index in [0.29, 0.717) is 12.5 Å². The van der Waals surface area contributed by atoms with Crippen LogP contribution in [-0.2, 0) is 11.8 Å². The molecule has 3 rings (SSSR count). The van der Waals surface area contributed by atoms with Crippen LogP contribution in [0.1, 0.15) is 6.92 Å². The molecule has 19 heavy (non-hydrogen) atoms. The van der Waals surface area contributed by atoms with Crippen molar-refractivity contribution in [2.45, 2.75) is 19.1 Å². The first-order chi connectivity index (χ1) is 9.20. The van der Waals surface area contributed by atoms with Gasteiger partial charge in [-0.3, -0.25) is 4.68 Å². The Morgan fingerprint density at radius 2 is 2.32 bits per heavy atom. The van der Waals surface area contributed by atoms with Gasteiger partial charge in [-0.25, -0.2) is 9.97 Å². The number of fused-ring (bicyclic) bond motifs is 1. The number of aromatic nitrogens is 4. The summed E-state index contributed by atoms with van der Waals surface area (Å²) in [6.07, 6.45) is 3.43. The summed E-state index contributed by atoms with van der Waals surface area (Å²) in [6, 6.07) is 0.262. The minimum Gasteiger partial charge on any atom is -0.373 e. The number of rotatable bonds is 2. The minimum absolute atomic E-state index is 0.0413. The maximum atomic E-state index is 5.90. The third-order valence-electron chi connectivity index (χ3n) is 3.46. The van der Waals surface area contributed by atoms with Crippen molar-refractivity contribution >= 4 is 28.5 Å². The molecule has 0 spiro atoms. The molecule has 0 N–H and O–H groups in total. The van der Waals surface area contributed by atoms with Gasteiger partial charge in [0.05, 0.1) is 36.2 Å². The summed E-state index contributed by atoms with van der Waals surface area (Å²) in [4.78, 5) is 10.9. The summed E-state index contributed by atoms with van der Waals surface area (Å²) in [7, 11) is 1.88. The minimum atomic E-state index is 0.0413. The van der Waals surface area contributed by atoms with Crippen molar-refractivity contribution in [3.05, 3.63) is 12.5 Å². The van der Waals surface area contributed by atoms with Crippen LogP contribution in [0.3, 0.4) is 0 Å². The van der Waals surface area contributed by atoms with E-state index in [1.807, 2.05) is 13.2 Å². The molecular weight excluding hydrogens is 266 g/mol. The zero-order valence-corrected chi connectivity index (χ0v) is 11.7. The van der Waals surface area contributed by atoms with Crippen molar-refractivity contribution in [2.24, 2.45) is 7.05 Å². The average Bonchev–Trinajstić information content (AvgIpc) is 2.81. The van der Waals surface area contributed by atoms with E-state index < -0.39 is 0 Å². The van der Waals surface area contributed by atoms with E-state index >= 15 is 0 Å². The number of morpholine rings is 1. The molecule has 2 aromatic heterocycles. The largest absolute Gasteiger partial charge is 0.373 e. The highest BCUT2D eigenvalue weighted by Crippen LogP contribution is 2.26. The Hall–Kier alpha value is -1.40. The zero-order chi connectivity index (χ0) is 13.4. The highest BCUT2D eigenvalue weighted by molar-refractivity contribution is 6.18. The van der Waals surface area contributed by atoms with E-state index in [0.717, 1.165) is 23.4 Å². The number of anilines is 1. The summed E-state index contributed by atoms with van der Waals surface area (Å²) in [5, 5.41) is 5.21. The molecule has 3 heterocycles. The Kier molecular flexibility index (Phi) is 3.28. The molecule has 2 unspecified atom stereocenters. The monoisotopic (exact) mass is 281 g/mol. The molecule has 102 valence electrons. The van der Waals surface area contributed by atoms with Crippen LogP contribution in [0.25, 0.3) is 11.0 Å². The maximum Gasteiger partial charge on any atom is 0.163 e. The van der Waals surface area contributed by atoms with Gasteiger partial charge >= 0.3 is 0 Å². The molecule has 0 radical (unpaired) electrons. The molecule has 0 aromatic carbocycles. The molecule has 0 aliphatic carbocycles. The van der Waals surface area contributed by atoms with Crippen LogP contribution in [-0.4, -0.2) is 50.9 Å². The van der Waals surface area contributed by atoms with Gasteiger partial charge in [0.1, 0.15) is 12.1 Å². The number of hydrogen-bond acceptors (Lipinski definition) is 5. The molecule has 2 aromatic rings. The second kappa shape index (κ2) is 4.94. The fourth-order valence-corrected chi connectivity index (χ4v) is 2.57. The molecule has 6 nitrogen and oxygen atoms in total. The van der Waals surface area contributed by atoms with Crippen molar-refractivity contribution < 1.29 is 4.74 Å². The Morgan fingerprint density at radius 1 is 1.47 bits per heavy atom. The van der Waals surface area contributed by atoms with Crippen molar-refractivity contribution in [1.29, 1.82) is 0 Å². The lowest BCUT2D eigenvalue weighted by atomic mass is 10.2. The third-order valence-corrected chi connectivity index (χ3v) is 3.80. The van der Waals surface area contributed by atoms with Crippen LogP contribution in [0.5, 0.6) is 0 Å². The lowest BCUT2D eigenvalue weighted by molar-refractivity contribution is 0.0362. The number of hydrogen-bond donors (Lipinski definition) is 0. The van der Waals surface area contributed by atoms with E-state index in [2.05, 4.69) is 26.9 Å². The van der Waals surface area contributed by atoms with Crippen LogP contribution in [0.2, 0.25) is 0 Å². The number of ether oxygens (including phenoxy) is 1. The Bertz CT molecular complexity index is 587. The predicted molar refractivity (Wildman–Crippen MR) is 73.6 cm³/mol. The fourth-order valence-electron chi connectivity index (χ4n) is 2.38. The van der Waals surface area contributed by atoms with Crippen LogP contribution in [0.4, 0.5) is 5.82 Å². The topological polar surface area (TPSA) is 56.1 Å². The van der Waals surface area contributed by atoms with Gasteiger partial charge in [-0.05, 0) is 6.92 Å². The first-order valence-electron chi connectivity index (χ1n) is 6.27. The summed E-state index contributed by atoms with van der Waals surface area (Å²) in [5.41, 5.74) is 0.839. The Balaban J connectivity index is 2.02. The van der Waals surface area contributed by atoms with Crippen LogP contribution in [0, 0.1) is 0 Å². The van der Waals surface area contributed by atoms with E-state index in [9.17, 15) is 0 Å². The summed E-state index contributed by atoms with van der Waals surface area (Å²) >= 11 is 5.90. The van der Waals surface area contributed by atoms with Crippen molar-refractivity contribution in [3.63, 3.8) is 0 Å². The predicted octanol–water partition coefficient (Wildman–Crippen LogP) is 1.20. The normalized spacial score (nSPS) is 24.1. The first-order valence-corrected chi connectivity index (χ1v) is 6.81. The molecule has 1 aliphatic heterocycles. The Morgan fingerprint density at radius 3 is 3.11 bits per heavy atom. The molecule has 0 saturated carbocycles. The van der Waals surface area contributed by atoms with Gasteiger partial charge in [0.2, 0.25) is 0 Å². The van der Waals surface area contributed by atoms with Gasteiger partial charge in [0.15, 0.2) is 5.65 Å². The van der Waals surface area contributed by atoms with E-state index in [-0.39, 0.29) is 12.1 Å². The van der Waals surface area contributed by atoms with E-state index in [1.165, 1.54) is 0 Å². The van der Waals surface area contributed by atoms with Gasteiger partial charge in [-0.15, -0.1) is 11.6 Å². The number of aryl methyl sites for hydroxylation is 1. The molecule has 0 amide bonds. The quantitative estimate of drug-likeness (QED) is 0.774. The van der Waals surface area contributed by atoms with Crippen molar-refractivity contribution in [3.8, 4) is 0 Å². The smallest absolute Gasteiger partial charge is 0.163 e. The van der Waals surface area contributed by atoms with Gasteiger partial charge < -0.3 is 9.64 Å². The van der Waals surface area contributed by atoms with E-state index in [1.54, 1.807) is 11.0 Å². The van der Waals surface area contributed by atoms with Crippen LogP contribution < -0.4 is 4.90 Å². The maximum absolute atomic E-state index is 5.90. The summed E-state index contributed by atoms with van der Waals surface area (Å²) < 4.78 is 7.43. The summed E-state index contributed by atoms with van der Waals surface area (Å²) in [6.45, 7) is 3.52. The number of nitrogens with zero attached hydrogens (tertiary/aromatic N) is 5. The number of alkyl halides is 1. The standard InChI is InChI=1S/C12H16ClN5O/c1-8-6-19-9(3-13)5-18(8)12-10-4-16-17(2)11(10)14-7-15-12/h4,7-9H,3,5-6H2,1-2H3. The lowest BCUT2D eigenvalue weighted by Crippen LogP contribution is -2.49. The second-order valence-corrected chi connectivity index (χ2v) is 5.12. The van der Waals surface area contributed by atoms with Gasteiger partial charge in [0, 0.05) is 13.6 Å². The molecule has 7 heteroatoms. The third kappa shape index (κ3) is 2.15. The van der Waals surface area contributed by atoms with Crippen LogP contribution in [0.15, 0.2) is 12.5 Å². The summed E-state index contributed by atoms with van der Waals surface area (Å²) in [5.74, 6) is 1.40. The number of halogens is 1. The van der Waals surface area contributed by atoms with Crippen molar-refractivity contribution in [1.82, 2.24) is 19.7 Å². The molecular formula is C12H16ClN5O. The fraction of sp³-hybridized carbons (Fsp3) is 0.583. The SMILES string of the molecule is CC1COC(CCl)CN1c1ncnc2c1cnn2C. The molecule has 1 fully saturated rings. The first kappa shape index (κ1) is 12.6. The average molecular weight is 282 g/mol. The van der Waals surface area contributed by atoms with Gasteiger partial charge in [-0.1, -0.05) is 0 Å². The zero-order valence-electron chi connectivity index (χ0n) is 11.0. The highest BCUT2D eigenvalue weighted by Gasteiger charge is 2.28. The molecule has 0 bridgehead atoms.